The van der Waals surface area contributed by atoms with Crippen LogP contribution in [0.25, 0.3) is 10.9 Å². The lowest BCUT2D eigenvalue weighted by atomic mass is 10.1. The Labute approximate surface area is 197 Å². The number of amides is 1. The molecule has 0 saturated carbocycles. The lowest BCUT2D eigenvalue weighted by Gasteiger charge is -2.11. The second kappa shape index (κ2) is 9.49. The molecule has 0 atom stereocenters. The number of alkyl halides is 3. The lowest BCUT2D eigenvalue weighted by Crippen LogP contribution is -2.26. The molecule has 0 aliphatic carbocycles. The molecule has 1 heterocycles. The van der Waals surface area contributed by atoms with E-state index in [1.807, 2.05) is 0 Å². The molecule has 1 aromatic heterocycles. The number of nitrogens with zero attached hydrogens (tertiary/aromatic N) is 2. The summed E-state index contributed by atoms with van der Waals surface area (Å²) in [4.78, 5) is 24.2. The number of carbonyl (C=O) groups is 2. The molecule has 10 heteroatoms. The smallest absolute Gasteiger partial charge is 0.416 e. The van der Waals surface area contributed by atoms with Crippen molar-refractivity contribution in [3.63, 3.8) is 0 Å². The predicted octanol–water partition coefficient (Wildman–Crippen LogP) is 4.74. The van der Waals surface area contributed by atoms with Gasteiger partial charge in [-0.1, -0.05) is 24.3 Å². The van der Waals surface area contributed by atoms with Crippen molar-refractivity contribution in [2.24, 2.45) is 0 Å². The van der Waals surface area contributed by atoms with Gasteiger partial charge in [0.1, 0.15) is 11.4 Å². The van der Waals surface area contributed by atoms with Crippen molar-refractivity contribution in [3.8, 4) is 5.75 Å². The molecule has 2 N–H and O–H groups in total. The van der Waals surface area contributed by atoms with Gasteiger partial charge in [0.05, 0.1) is 30.3 Å². The number of hydrogen-bond acceptors (Lipinski definition) is 4. The highest BCUT2D eigenvalue weighted by molar-refractivity contribution is 6.05. The number of ether oxygens (including phenoxy) is 1. The summed E-state index contributed by atoms with van der Waals surface area (Å²) in [5, 5.41) is 16.9. The number of aromatic nitrogens is 2. The maximum absolute atomic E-state index is 13.2. The van der Waals surface area contributed by atoms with Crippen molar-refractivity contribution in [2.45, 2.75) is 19.3 Å². The van der Waals surface area contributed by atoms with E-state index in [1.165, 1.54) is 36.1 Å². The summed E-state index contributed by atoms with van der Waals surface area (Å²) in [5.74, 6) is -0.941. The Morgan fingerprint density at radius 2 is 1.66 bits per heavy atom. The van der Waals surface area contributed by atoms with Gasteiger partial charge in [0.2, 0.25) is 0 Å². The fourth-order valence-electron chi connectivity index (χ4n) is 3.60. The minimum atomic E-state index is -4.44. The normalized spacial score (nSPS) is 11.4. The van der Waals surface area contributed by atoms with Gasteiger partial charge in [0.25, 0.3) is 5.91 Å². The van der Waals surface area contributed by atoms with Crippen LogP contribution in [-0.4, -0.2) is 33.9 Å². The largest absolute Gasteiger partial charge is 0.497 e. The monoisotopic (exact) mass is 483 g/mol. The van der Waals surface area contributed by atoms with Crippen molar-refractivity contribution in [1.29, 1.82) is 0 Å². The summed E-state index contributed by atoms with van der Waals surface area (Å²) in [6.45, 7) is 0.215. The molecule has 3 aromatic carbocycles. The van der Waals surface area contributed by atoms with E-state index in [1.54, 1.807) is 30.3 Å². The Hall–Kier alpha value is -4.34. The molecule has 0 fully saturated rings. The van der Waals surface area contributed by atoms with Gasteiger partial charge in [-0.25, -0.2) is 4.79 Å². The summed E-state index contributed by atoms with van der Waals surface area (Å²) in [7, 11) is 1.50. The van der Waals surface area contributed by atoms with Crippen LogP contribution in [0, 0.1) is 0 Å². The zero-order valence-corrected chi connectivity index (χ0v) is 18.5. The highest BCUT2D eigenvalue weighted by atomic mass is 19.4. The Bertz CT molecular complexity index is 1380. The van der Waals surface area contributed by atoms with E-state index in [2.05, 4.69) is 10.4 Å². The van der Waals surface area contributed by atoms with Crippen molar-refractivity contribution in [1.82, 2.24) is 15.1 Å². The second-order valence-electron chi connectivity index (χ2n) is 7.77. The number of hydrogen-bond donors (Lipinski definition) is 2. The van der Waals surface area contributed by atoms with Crippen LogP contribution >= 0.6 is 0 Å². The molecule has 0 radical (unpaired) electrons. The molecular weight excluding hydrogens is 463 g/mol. The third-order valence-corrected chi connectivity index (χ3v) is 5.43. The molecule has 0 bridgehead atoms. The minimum absolute atomic E-state index is 0.0746. The molecule has 180 valence electrons. The molecule has 4 aromatic rings. The lowest BCUT2D eigenvalue weighted by molar-refractivity contribution is -0.137. The first-order valence-corrected chi connectivity index (χ1v) is 10.5. The molecule has 0 saturated heterocycles. The molecule has 0 aliphatic heterocycles. The zero-order valence-electron chi connectivity index (χ0n) is 18.5. The Morgan fingerprint density at radius 3 is 2.26 bits per heavy atom. The highest BCUT2D eigenvalue weighted by Crippen LogP contribution is 2.29. The molecular formula is C25H20F3N3O4. The average molecular weight is 483 g/mol. The first-order chi connectivity index (χ1) is 16.7. The Balaban J connectivity index is 1.62. The maximum atomic E-state index is 13.2. The molecule has 0 aliphatic rings. The van der Waals surface area contributed by atoms with Crippen LogP contribution < -0.4 is 10.1 Å². The number of carboxylic acids is 1. The average Bonchev–Trinajstić information content (AvgIpc) is 3.19. The Morgan fingerprint density at radius 1 is 1.00 bits per heavy atom. The third-order valence-electron chi connectivity index (χ3n) is 5.43. The van der Waals surface area contributed by atoms with Gasteiger partial charge < -0.3 is 15.2 Å². The van der Waals surface area contributed by atoms with E-state index in [0.29, 0.717) is 27.8 Å². The SMILES string of the molecule is COc1ccc2c(C(=O)NCc3ccc(C(=O)O)cc3)n(Cc3ccc(C(F)(F)F)cc3)nc2c1. The summed E-state index contributed by atoms with van der Waals surface area (Å²) >= 11 is 0. The number of aromatic carboxylic acids is 1. The molecule has 35 heavy (non-hydrogen) atoms. The number of carbonyl (C=O) groups excluding carboxylic acids is 1. The van der Waals surface area contributed by atoms with Crippen LogP contribution in [0.1, 0.15) is 37.5 Å². The van der Waals surface area contributed by atoms with Gasteiger partial charge >= 0.3 is 12.1 Å². The van der Waals surface area contributed by atoms with Gasteiger partial charge in [0, 0.05) is 18.0 Å². The van der Waals surface area contributed by atoms with Gasteiger partial charge in [0.15, 0.2) is 0 Å². The van der Waals surface area contributed by atoms with Crippen LogP contribution in [0.3, 0.4) is 0 Å². The predicted molar refractivity (Wildman–Crippen MR) is 121 cm³/mol. The van der Waals surface area contributed by atoms with Crippen molar-refractivity contribution < 1.29 is 32.6 Å². The quantitative estimate of drug-likeness (QED) is 0.396. The summed E-state index contributed by atoms with van der Waals surface area (Å²) in [6, 6.07) is 15.8. The topological polar surface area (TPSA) is 93.5 Å². The first kappa shape index (κ1) is 23.8. The van der Waals surface area contributed by atoms with E-state index in [-0.39, 0.29) is 24.3 Å². The van der Waals surface area contributed by atoms with Crippen molar-refractivity contribution >= 4 is 22.8 Å². The van der Waals surface area contributed by atoms with Crippen LogP contribution in [0.15, 0.2) is 66.7 Å². The second-order valence-corrected chi connectivity index (χ2v) is 7.77. The number of benzene rings is 3. The number of fused-ring (bicyclic) bond motifs is 1. The molecule has 0 spiro atoms. The molecule has 0 unspecified atom stereocenters. The summed E-state index contributed by atoms with van der Waals surface area (Å²) in [5.41, 5.74) is 1.34. The number of halogens is 3. The number of methoxy groups -OCH3 is 1. The van der Waals surface area contributed by atoms with Gasteiger partial charge in [-0.2, -0.15) is 18.3 Å². The van der Waals surface area contributed by atoms with E-state index in [0.717, 1.165) is 12.1 Å². The van der Waals surface area contributed by atoms with E-state index < -0.39 is 23.6 Å². The molecule has 1 amide bonds. The van der Waals surface area contributed by atoms with Gasteiger partial charge in [-0.15, -0.1) is 0 Å². The van der Waals surface area contributed by atoms with Crippen LogP contribution in [0.5, 0.6) is 5.75 Å². The van der Waals surface area contributed by atoms with Crippen LogP contribution in [-0.2, 0) is 19.3 Å². The Kier molecular flexibility index (Phi) is 6.46. The van der Waals surface area contributed by atoms with E-state index >= 15 is 0 Å². The zero-order chi connectivity index (χ0) is 25.2. The van der Waals surface area contributed by atoms with Gasteiger partial charge in [-0.3, -0.25) is 9.48 Å². The number of carboxylic acid groups (broad SMARTS) is 1. The third kappa shape index (κ3) is 5.26. The number of rotatable bonds is 7. The standard InChI is InChI=1S/C25H20F3N3O4/c1-35-19-10-11-20-21(12-19)30-31(14-16-4-8-18(9-5-16)25(26,27)28)22(20)23(32)29-13-15-2-6-17(7-3-15)24(33)34/h2-12H,13-14H2,1H3,(H,29,32)(H,33,34). The maximum Gasteiger partial charge on any atom is 0.416 e. The van der Waals surface area contributed by atoms with Gasteiger partial charge in [-0.05, 0) is 47.5 Å². The van der Waals surface area contributed by atoms with Crippen molar-refractivity contribution in [2.75, 3.05) is 7.11 Å². The fourth-order valence-corrected chi connectivity index (χ4v) is 3.60. The number of nitrogens with one attached hydrogen (secondary N) is 1. The first-order valence-electron chi connectivity index (χ1n) is 10.5. The molecule has 4 rings (SSSR count). The van der Waals surface area contributed by atoms with Crippen LogP contribution in [0.2, 0.25) is 0 Å². The highest BCUT2D eigenvalue weighted by Gasteiger charge is 2.30. The fraction of sp³-hybridized carbons (Fsp3) is 0.160. The van der Waals surface area contributed by atoms with E-state index in [4.69, 9.17) is 9.84 Å². The minimum Gasteiger partial charge on any atom is -0.497 e. The molecule has 7 nitrogen and oxygen atoms in total. The van der Waals surface area contributed by atoms with E-state index in [9.17, 15) is 22.8 Å². The van der Waals surface area contributed by atoms with Crippen LogP contribution in [0.4, 0.5) is 13.2 Å². The van der Waals surface area contributed by atoms with Crippen molar-refractivity contribution in [3.05, 3.63) is 94.7 Å². The summed E-state index contributed by atoms with van der Waals surface area (Å²) < 4.78 is 45.4. The summed E-state index contributed by atoms with van der Waals surface area (Å²) in [6.07, 6.45) is -4.44.